The number of nitrogens with zero attached hydrogens (tertiary/aromatic N) is 4. The molecule has 136 valence electrons. The van der Waals surface area contributed by atoms with Crippen LogP contribution in [0.2, 0.25) is 0 Å². The van der Waals surface area contributed by atoms with E-state index >= 15 is 0 Å². The Bertz CT molecular complexity index is 959. The number of aromatic nitrogens is 3. The van der Waals surface area contributed by atoms with Gasteiger partial charge in [-0.1, -0.05) is 0 Å². The van der Waals surface area contributed by atoms with Crippen molar-refractivity contribution in [2.24, 2.45) is 0 Å². The number of H-pyrrole nitrogens is 1. The molecule has 0 bridgehead atoms. The Hall–Kier alpha value is -2.87. The van der Waals surface area contributed by atoms with Gasteiger partial charge in [0.25, 0.3) is 0 Å². The lowest BCUT2D eigenvalue weighted by atomic mass is 10.0. The van der Waals surface area contributed by atoms with Gasteiger partial charge in [0, 0.05) is 41.7 Å². The summed E-state index contributed by atoms with van der Waals surface area (Å²) in [6.07, 6.45) is 0.761. The van der Waals surface area contributed by atoms with Gasteiger partial charge in [0.15, 0.2) is 0 Å². The number of aromatic amines is 1. The first-order valence-electron chi connectivity index (χ1n) is 8.49. The Labute approximate surface area is 150 Å². The molecule has 1 aromatic carbocycles. The highest BCUT2D eigenvalue weighted by Gasteiger charge is 2.28. The molecule has 0 saturated heterocycles. The third-order valence-corrected chi connectivity index (χ3v) is 4.57. The first kappa shape index (κ1) is 16.6. The summed E-state index contributed by atoms with van der Waals surface area (Å²) in [5, 5.41) is 8.95. The normalized spacial score (nSPS) is 14.1. The second kappa shape index (κ2) is 6.45. The Morgan fingerprint density at radius 2 is 2.23 bits per heavy atom. The van der Waals surface area contributed by atoms with Crippen molar-refractivity contribution in [3.8, 4) is 5.75 Å². The summed E-state index contributed by atoms with van der Waals surface area (Å²) in [4.78, 5) is 19.9. The van der Waals surface area contributed by atoms with Crippen LogP contribution in [0.5, 0.6) is 5.75 Å². The fourth-order valence-electron chi connectivity index (χ4n) is 3.30. The summed E-state index contributed by atoms with van der Waals surface area (Å²) in [7, 11) is 5.46. The van der Waals surface area contributed by atoms with Gasteiger partial charge >= 0.3 is 11.8 Å². The second-order valence-corrected chi connectivity index (χ2v) is 6.71. The third kappa shape index (κ3) is 2.92. The van der Waals surface area contributed by atoms with Crippen molar-refractivity contribution in [2.75, 3.05) is 27.7 Å². The largest absolute Gasteiger partial charge is 0.497 e. The molecule has 1 aliphatic heterocycles. The topological polar surface area (TPSA) is 87.5 Å². The summed E-state index contributed by atoms with van der Waals surface area (Å²) in [6.45, 7) is 1.63. The van der Waals surface area contributed by atoms with Gasteiger partial charge in [-0.25, -0.2) is 0 Å². The number of rotatable bonds is 4. The van der Waals surface area contributed by atoms with E-state index in [1.165, 1.54) is 0 Å². The molecule has 0 radical (unpaired) electrons. The lowest BCUT2D eigenvalue weighted by Crippen LogP contribution is -2.36. The predicted molar refractivity (Wildman–Crippen MR) is 95.0 cm³/mol. The van der Waals surface area contributed by atoms with Crippen LogP contribution in [0.3, 0.4) is 0 Å². The van der Waals surface area contributed by atoms with Gasteiger partial charge in [-0.2, -0.15) is 0 Å². The molecule has 0 aliphatic carbocycles. The van der Waals surface area contributed by atoms with Crippen molar-refractivity contribution >= 4 is 16.8 Å². The number of carbonyl (C=O) groups is 1. The van der Waals surface area contributed by atoms with Gasteiger partial charge in [0.2, 0.25) is 5.89 Å². The monoisotopic (exact) mass is 355 g/mol. The SMILES string of the molecule is COc1ccc2[nH]c3c(c2c1)CN(C(=O)c1nnc(CN(C)C)o1)CC3. The summed E-state index contributed by atoms with van der Waals surface area (Å²) in [5.41, 5.74) is 3.33. The van der Waals surface area contributed by atoms with E-state index < -0.39 is 0 Å². The zero-order valence-corrected chi connectivity index (χ0v) is 15.1. The fourth-order valence-corrected chi connectivity index (χ4v) is 3.30. The molecule has 0 saturated carbocycles. The van der Waals surface area contributed by atoms with E-state index in [1.54, 1.807) is 12.0 Å². The molecule has 8 nitrogen and oxygen atoms in total. The molecular weight excluding hydrogens is 334 g/mol. The van der Waals surface area contributed by atoms with Crippen LogP contribution in [0, 0.1) is 0 Å². The number of nitrogens with one attached hydrogen (secondary N) is 1. The van der Waals surface area contributed by atoms with Gasteiger partial charge in [0.1, 0.15) is 5.75 Å². The van der Waals surface area contributed by atoms with Crippen molar-refractivity contribution in [3.63, 3.8) is 0 Å². The van der Waals surface area contributed by atoms with Gasteiger partial charge in [0.05, 0.1) is 13.7 Å². The molecule has 2 aromatic heterocycles. The first-order chi connectivity index (χ1) is 12.5. The van der Waals surface area contributed by atoms with Crippen LogP contribution in [0.25, 0.3) is 10.9 Å². The number of fused-ring (bicyclic) bond motifs is 3. The van der Waals surface area contributed by atoms with E-state index in [2.05, 4.69) is 15.2 Å². The quantitative estimate of drug-likeness (QED) is 0.768. The number of hydrogen-bond acceptors (Lipinski definition) is 6. The number of methoxy groups -OCH3 is 1. The molecule has 4 rings (SSSR count). The average molecular weight is 355 g/mol. The highest BCUT2D eigenvalue weighted by Crippen LogP contribution is 2.30. The van der Waals surface area contributed by atoms with Crippen LogP contribution < -0.4 is 4.74 Å². The number of benzene rings is 1. The van der Waals surface area contributed by atoms with E-state index in [-0.39, 0.29) is 11.8 Å². The number of ether oxygens (including phenoxy) is 1. The van der Waals surface area contributed by atoms with Crippen LogP contribution in [-0.2, 0) is 19.5 Å². The molecule has 26 heavy (non-hydrogen) atoms. The van der Waals surface area contributed by atoms with Crippen molar-refractivity contribution in [2.45, 2.75) is 19.5 Å². The minimum Gasteiger partial charge on any atom is -0.497 e. The number of amides is 1. The van der Waals surface area contributed by atoms with E-state index in [0.717, 1.165) is 34.3 Å². The molecule has 8 heteroatoms. The molecule has 0 atom stereocenters. The fraction of sp³-hybridized carbons (Fsp3) is 0.389. The molecule has 3 heterocycles. The van der Waals surface area contributed by atoms with Gasteiger partial charge in [-0.3, -0.25) is 4.79 Å². The Morgan fingerprint density at radius 1 is 1.38 bits per heavy atom. The standard InChI is InChI=1S/C18H21N5O3/c1-22(2)10-16-20-21-17(26-16)18(24)23-7-6-15-13(9-23)12-8-11(25-3)4-5-14(12)19-15/h4-5,8,19H,6-7,9-10H2,1-3H3. The highest BCUT2D eigenvalue weighted by molar-refractivity contribution is 5.91. The molecule has 1 amide bonds. The van der Waals surface area contributed by atoms with Gasteiger partial charge in [-0.05, 0) is 32.3 Å². The summed E-state index contributed by atoms with van der Waals surface area (Å²) >= 11 is 0. The molecule has 3 aromatic rings. The predicted octanol–water partition coefficient (Wildman–Crippen LogP) is 1.82. The van der Waals surface area contributed by atoms with Crippen molar-refractivity contribution in [1.29, 1.82) is 0 Å². The summed E-state index contributed by atoms with van der Waals surface area (Å²) in [5.74, 6) is 1.05. The maximum atomic E-state index is 12.8. The van der Waals surface area contributed by atoms with Crippen LogP contribution >= 0.6 is 0 Å². The van der Waals surface area contributed by atoms with E-state index in [1.807, 2.05) is 37.2 Å². The van der Waals surface area contributed by atoms with Crippen molar-refractivity contribution in [3.05, 3.63) is 41.2 Å². The summed E-state index contributed by atoms with van der Waals surface area (Å²) in [6, 6.07) is 5.93. The van der Waals surface area contributed by atoms with Crippen LogP contribution in [0.1, 0.15) is 27.8 Å². The van der Waals surface area contributed by atoms with E-state index in [0.29, 0.717) is 25.5 Å². The van der Waals surface area contributed by atoms with Crippen molar-refractivity contribution < 1.29 is 13.9 Å². The average Bonchev–Trinajstić information content (AvgIpc) is 3.23. The summed E-state index contributed by atoms with van der Waals surface area (Å²) < 4.78 is 10.8. The molecule has 1 aliphatic rings. The molecule has 1 N–H and O–H groups in total. The Kier molecular flexibility index (Phi) is 4.12. The zero-order chi connectivity index (χ0) is 18.3. The lowest BCUT2D eigenvalue weighted by Gasteiger charge is -2.25. The second-order valence-electron chi connectivity index (χ2n) is 6.71. The Morgan fingerprint density at radius 3 is 3.00 bits per heavy atom. The maximum absolute atomic E-state index is 12.8. The van der Waals surface area contributed by atoms with Crippen molar-refractivity contribution in [1.82, 2.24) is 25.0 Å². The lowest BCUT2D eigenvalue weighted by molar-refractivity contribution is 0.0691. The van der Waals surface area contributed by atoms with E-state index in [4.69, 9.17) is 9.15 Å². The molecule has 0 unspecified atom stereocenters. The maximum Gasteiger partial charge on any atom is 0.311 e. The Balaban J connectivity index is 1.59. The zero-order valence-electron chi connectivity index (χ0n) is 15.1. The molecular formula is C18H21N5O3. The highest BCUT2D eigenvalue weighted by atomic mass is 16.5. The van der Waals surface area contributed by atoms with Gasteiger partial charge < -0.3 is 23.9 Å². The van der Waals surface area contributed by atoms with Crippen LogP contribution in [-0.4, -0.2) is 58.6 Å². The minimum atomic E-state index is -0.231. The third-order valence-electron chi connectivity index (χ3n) is 4.57. The van der Waals surface area contributed by atoms with Crippen LogP contribution in [0.15, 0.2) is 22.6 Å². The first-order valence-corrected chi connectivity index (χ1v) is 8.49. The smallest absolute Gasteiger partial charge is 0.311 e. The van der Waals surface area contributed by atoms with E-state index in [9.17, 15) is 4.79 Å². The molecule has 0 spiro atoms. The molecule has 0 fully saturated rings. The van der Waals surface area contributed by atoms with Gasteiger partial charge in [-0.15, -0.1) is 10.2 Å². The number of hydrogen-bond donors (Lipinski definition) is 1. The minimum absolute atomic E-state index is 0.0442. The van der Waals surface area contributed by atoms with Crippen LogP contribution in [0.4, 0.5) is 0 Å². The number of carbonyl (C=O) groups excluding carboxylic acids is 1.